The van der Waals surface area contributed by atoms with E-state index >= 15 is 0 Å². The van der Waals surface area contributed by atoms with Crippen LogP contribution in [0.15, 0.2) is 24.3 Å². The molecule has 2 fully saturated rings. The lowest BCUT2D eigenvalue weighted by molar-refractivity contribution is 0.187. The van der Waals surface area contributed by atoms with Gasteiger partial charge in [-0.05, 0) is 37.1 Å². The maximum absolute atomic E-state index is 10.7. The first-order valence-electron chi connectivity index (χ1n) is 8.29. The second kappa shape index (κ2) is 7.07. The van der Waals surface area contributed by atoms with Crippen molar-refractivity contribution in [3.8, 4) is 0 Å². The van der Waals surface area contributed by atoms with Gasteiger partial charge in [-0.2, -0.15) is 8.42 Å². The van der Waals surface area contributed by atoms with Gasteiger partial charge in [0, 0.05) is 43.6 Å². The highest BCUT2D eigenvalue weighted by Crippen LogP contribution is 2.26. The normalized spacial score (nSPS) is 20.8. The molecular formula is C16H25N3O3S. The lowest BCUT2D eigenvalue weighted by Crippen LogP contribution is -2.49. The Morgan fingerprint density at radius 2 is 1.65 bits per heavy atom. The number of hydrogen-bond acceptors (Lipinski definition) is 5. The van der Waals surface area contributed by atoms with Crippen molar-refractivity contribution in [2.75, 3.05) is 42.3 Å². The molecular weight excluding hydrogens is 314 g/mol. The third-order valence-corrected chi connectivity index (χ3v) is 5.36. The van der Waals surface area contributed by atoms with Crippen LogP contribution in [0, 0.1) is 0 Å². The van der Waals surface area contributed by atoms with Crippen LogP contribution in [-0.4, -0.2) is 56.0 Å². The standard InChI is InChI=1S/C16H25N3O3S/c20-23(21,22)13-17-14-5-7-16(8-6-14)19-11-9-18(10-12-19)15-3-1-2-4-15/h5-8,15,17H,1-4,9-13H2,(H,20,21,22). The Morgan fingerprint density at radius 1 is 1.04 bits per heavy atom. The summed E-state index contributed by atoms with van der Waals surface area (Å²) in [4.78, 5) is 5.00. The van der Waals surface area contributed by atoms with Crippen LogP contribution in [0.2, 0.25) is 0 Å². The van der Waals surface area contributed by atoms with Crippen molar-refractivity contribution in [1.82, 2.24) is 4.90 Å². The predicted octanol–water partition coefficient (Wildman–Crippen LogP) is 2.01. The van der Waals surface area contributed by atoms with Gasteiger partial charge in [-0.1, -0.05) is 12.8 Å². The van der Waals surface area contributed by atoms with E-state index in [2.05, 4.69) is 15.1 Å². The average molecular weight is 339 g/mol. The summed E-state index contributed by atoms with van der Waals surface area (Å²) in [7, 11) is -3.99. The molecule has 0 atom stereocenters. The third kappa shape index (κ3) is 4.59. The van der Waals surface area contributed by atoms with Crippen molar-refractivity contribution in [3.63, 3.8) is 0 Å². The van der Waals surface area contributed by atoms with Crippen LogP contribution in [0.5, 0.6) is 0 Å². The first-order chi connectivity index (χ1) is 11.0. The Bertz CT molecular complexity index is 604. The van der Waals surface area contributed by atoms with Gasteiger partial charge in [0.15, 0.2) is 0 Å². The van der Waals surface area contributed by atoms with Crippen molar-refractivity contribution in [2.45, 2.75) is 31.7 Å². The van der Waals surface area contributed by atoms with Gasteiger partial charge in [0.2, 0.25) is 0 Å². The molecule has 2 N–H and O–H groups in total. The molecule has 1 heterocycles. The highest BCUT2D eigenvalue weighted by molar-refractivity contribution is 7.85. The van der Waals surface area contributed by atoms with Crippen LogP contribution < -0.4 is 10.2 Å². The van der Waals surface area contributed by atoms with Crippen LogP contribution in [0.3, 0.4) is 0 Å². The van der Waals surface area contributed by atoms with Crippen molar-refractivity contribution in [1.29, 1.82) is 0 Å². The molecule has 0 bridgehead atoms. The molecule has 0 radical (unpaired) electrons. The number of benzene rings is 1. The predicted molar refractivity (Wildman–Crippen MR) is 92.5 cm³/mol. The van der Waals surface area contributed by atoms with E-state index in [1.54, 1.807) is 0 Å². The molecule has 1 saturated heterocycles. The van der Waals surface area contributed by atoms with E-state index in [0.717, 1.165) is 37.9 Å². The summed E-state index contributed by atoms with van der Waals surface area (Å²) >= 11 is 0. The molecule has 23 heavy (non-hydrogen) atoms. The van der Waals surface area contributed by atoms with Gasteiger partial charge in [0.1, 0.15) is 5.88 Å². The minimum Gasteiger partial charge on any atom is -0.370 e. The quantitative estimate of drug-likeness (QED) is 0.800. The van der Waals surface area contributed by atoms with Gasteiger partial charge in [-0.25, -0.2) is 0 Å². The van der Waals surface area contributed by atoms with Gasteiger partial charge < -0.3 is 10.2 Å². The highest BCUT2D eigenvalue weighted by Gasteiger charge is 2.26. The molecule has 0 aromatic heterocycles. The Hall–Kier alpha value is -1.31. The molecule has 0 spiro atoms. The third-order valence-electron chi connectivity index (χ3n) is 4.85. The molecule has 2 aliphatic rings. The minimum absolute atomic E-state index is 0.466. The second-order valence-electron chi connectivity index (χ2n) is 6.41. The van der Waals surface area contributed by atoms with E-state index in [1.165, 1.54) is 25.7 Å². The Balaban J connectivity index is 1.52. The monoisotopic (exact) mass is 339 g/mol. The van der Waals surface area contributed by atoms with Gasteiger partial charge in [-0.3, -0.25) is 9.45 Å². The van der Waals surface area contributed by atoms with Crippen molar-refractivity contribution < 1.29 is 13.0 Å². The lowest BCUT2D eigenvalue weighted by Gasteiger charge is -2.39. The summed E-state index contributed by atoms with van der Waals surface area (Å²) in [5.41, 5.74) is 1.85. The molecule has 6 nitrogen and oxygen atoms in total. The van der Waals surface area contributed by atoms with E-state index in [4.69, 9.17) is 4.55 Å². The first kappa shape index (κ1) is 16.5. The van der Waals surface area contributed by atoms with Crippen molar-refractivity contribution >= 4 is 21.5 Å². The van der Waals surface area contributed by atoms with Crippen LogP contribution in [0.1, 0.15) is 25.7 Å². The fourth-order valence-corrected chi connectivity index (χ4v) is 3.93. The van der Waals surface area contributed by atoms with E-state index in [-0.39, 0.29) is 0 Å². The second-order valence-corrected chi connectivity index (χ2v) is 7.86. The molecule has 1 aromatic carbocycles. The molecule has 1 aliphatic carbocycles. The van der Waals surface area contributed by atoms with E-state index < -0.39 is 16.0 Å². The zero-order valence-corrected chi connectivity index (χ0v) is 14.1. The van der Waals surface area contributed by atoms with Crippen molar-refractivity contribution in [3.05, 3.63) is 24.3 Å². The summed E-state index contributed by atoms with van der Waals surface area (Å²) in [5.74, 6) is -0.466. The molecule has 3 rings (SSSR count). The SMILES string of the molecule is O=S(=O)(O)CNc1ccc(N2CCN(C3CCCC3)CC2)cc1. The number of piperazine rings is 1. The Kier molecular flexibility index (Phi) is 5.08. The van der Waals surface area contributed by atoms with Gasteiger partial charge >= 0.3 is 0 Å². The Labute approximate surface area is 138 Å². The Morgan fingerprint density at radius 3 is 2.22 bits per heavy atom. The molecule has 0 amide bonds. The van der Waals surface area contributed by atoms with Gasteiger partial charge in [0.05, 0.1) is 0 Å². The lowest BCUT2D eigenvalue weighted by atomic mass is 10.1. The zero-order valence-electron chi connectivity index (χ0n) is 13.3. The van der Waals surface area contributed by atoms with Gasteiger partial charge in [-0.15, -0.1) is 0 Å². The topological polar surface area (TPSA) is 72.9 Å². The summed E-state index contributed by atoms with van der Waals surface area (Å²) in [6.45, 7) is 4.31. The summed E-state index contributed by atoms with van der Waals surface area (Å²) < 4.78 is 30.2. The maximum atomic E-state index is 10.7. The van der Waals surface area contributed by atoms with E-state index in [0.29, 0.717) is 5.69 Å². The van der Waals surface area contributed by atoms with Crippen LogP contribution in [-0.2, 0) is 10.1 Å². The molecule has 7 heteroatoms. The molecule has 0 unspecified atom stereocenters. The average Bonchev–Trinajstić information content (AvgIpc) is 3.07. The van der Waals surface area contributed by atoms with Crippen LogP contribution in [0.4, 0.5) is 11.4 Å². The fourth-order valence-electron chi connectivity index (χ4n) is 3.58. The molecule has 128 valence electrons. The van der Waals surface area contributed by atoms with Crippen LogP contribution in [0.25, 0.3) is 0 Å². The van der Waals surface area contributed by atoms with E-state index in [9.17, 15) is 8.42 Å². The molecule has 1 aromatic rings. The number of nitrogens with zero attached hydrogens (tertiary/aromatic N) is 2. The maximum Gasteiger partial charge on any atom is 0.283 e. The van der Waals surface area contributed by atoms with Crippen LogP contribution >= 0.6 is 0 Å². The summed E-state index contributed by atoms with van der Waals surface area (Å²) in [6.07, 6.45) is 5.47. The van der Waals surface area contributed by atoms with Gasteiger partial charge in [0.25, 0.3) is 10.1 Å². The molecule has 1 saturated carbocycles. The fraction of sp³-hybridized carbons (Fsp3) is 0.625. The van der Waals surface area contributed by atoms with Crippen molar-refractivity contribution in [2.24, 2.45) is 0 Å². The largest absolute Gasteiger partial charge is 0.370 e. The highest BCUT2D eigenvalue weighted by atomic mass is 32.2. The number of hydrogen-bond donors (Lipinski definition) is 2. The molecule has 1 aliphatic heterocycles. The first-order valence-corrected chi connectivity index (χ1v) is 9.90. The summed E-state index contributed by atoms with van der Waals surface area (Å²) in [5, 5.41) is 2.69. The minimum atomic E-state index is -3.99. The smallest absolute Gasteiger partial charge is 0.283 e. The number of rotatable bonds is 5. The number of nitrogens with one attached hydrogen (secondary N) is 1. The van der Waals surface area contributed by atoms with E-state index in [1.807, 2.05) is 24.3 Å². The zero-order chi connectivity index (χ0) is 16.3. The summed E-state index contributed by atoms with van der Waals surface area (Å²) in [6, 6.07) is 8.49. The number of anilines is 2.